The van der Waals surface area contributed by atoms with Crippen molar-refractivity contribution in [2.45, 2.75) is 37.8 Å². The molecule has 1 aliphatic heterocycles. The maximum absolute atomic E-state index is 10.6. The Morgan fingerprint density at radius 3 is 2.79 bits per heavy atom. The van der Waals surface area contributed by atoms with Crippen LogP contribution in [-0.4, -0.2) is 40.2 Å². The third-order valence-corrected chi connectivity index (χ3v) is 3.79. The molecule has 4 heteroatoms. The zero-order chi connectivity index (χ0) is 13.7. The van der Waals surface area contributed by atoms with Crippen molar-refractivity contribution in [1.82, 2.24) is 4.90 Å². The van der Waals surface area contributed by atoms with E-state index in [1.807, 2.05) is 30.3 Å². The van der Waals surface area contributed by atoms with Gasteiger partial charge in [0.2, 0.25) is 0 Å². The molecule has 0 radical (unpaired) electrons. The van der Waals surface area contributed by atoms with Crippen LogP contribution in [0.25, 0.3) is 0 Å². The molecule has 2 rings (SSSR count). The Balaban J connectivity index is 1.88. The van der Waals surface area contributed by atoms with Crippen molar-refractivity contribution in [1.29, 1.82) is 0 Å². The Morgan fingerprint density at radius 2 is 2.11 bits per heavy atom. The van der Waals surface area contributed by atoms with Gasteiger partial charge in [-0.15, -0.1) is 0 Å². The molecule has 1 heterocycles. The van der Waals surface area contributed by atoms with Crippen molar-refractivity contribution in [2.75, 3.05) is 13.1 Å². The first-order chi connectivity index (χ1) is 9.16. The molecule has 19 heavy (non-hydrogen) atoms. The maximum Gasteiger partial charge on any atom is 0.304 e. The van der Waals surface area contributed by atoms with Crippen LogP contribution in [0.1, 0.15) is 37.4 Å². The fourth-order valence-electron chi connectivity index (χ4n) is 2.76. The number of benzene rings is 1. The average Bonchev–Trinajstić information content (AvgIpc) is 2.84. The minimum Gasteiger partial charge on any atom is -0.481 e. The van der Waals surface area contributed by atoms with Crippen LogP contribution in [0.3, 0.4) is 0 Å². The van der Waals surface area contributed by atoms with Crippen molar-refractivity contribution < 1.29 is 15.0 Å². The fourth-order valence-corrected chi connectivity index (χ4v) is 2.76. The van der Waals surface area contributed by atoms with E-state index in [2.05, 4.69) is 4.90 Å². The lowest BCUT2D eigenvalue weighted by atomic mass is 10.0. The number of hydrogen-bond donors (Lipinski definition) is 2. The molecule has 1 aliphatic rings. The third-order valence-electron chi connectivity index (χ3n) is 3.79. The molecule has 0 amide bonds. The van der Waals surface area contributed by atoms with Crippen LogP contribution in [0.4, 0.5) is 0 Å². The minimum atomic E-state index is -0.755. The van der Waals surface area contributed by atoms with Crippen LogP contribution in [0.15, 0.2) is 30.3 Å². The molecule has 2 atom stereocenters. The normalized spacial score (nSPS) is 21.4. The second-order valence-corrected chi connectivity index (χ2v) is 5.14. The molecule has 1 aromatic carbocycles. The number of carbonyl (C=O) groups is 1. The number of aliphatic hydroxyl groups is 1. The molecule has 1 aromatic rings. The Labute approximate surface area is 113 Å². The van der Waals surface area contributed by atoms with Gasteiger partial charge in [-0.05, 0) is 31.4 Å². The van der Waals surface area contributed by atoms with E-state index in [9.17, 15) is 9.90 Å². The van der Waals surface area contributed by atoms with Crippen molar-refractivity contribution in [3.63, 3.8) is 0 Å². The van der Waals surface area contributed by atoms with Gasteiger partial charge in [-0.3, -0.25) is 9.69 Å². The topological polar surface area (TPSA) is 60.8 Å². The van der Waals surface area contributed by atoms with Crippen LogP contribution >= 0.6 is 0 Å². The number of aliphatic hydroxyl groups excluding tert-OH is 1. The highest BCUT2D eigenvalue weighted by atomic mass is 16.4. The van der Waals surface area contributed by atoms with E-state index in [0.717, 1.165) is 24.9 Å². The summed E-state index contributed by atoms with van der Waals surface area (Å²) in [5.41, 5.74) is 0.938. The predicted molar refractivity (Wildman–Crippen MR) is 72.9 cm³/mol. The van der Waals surface area contributed by atoms with Crippen LogP contribution in [0.5, 0.6) is 0 Å². The molecule has 0 aliphatic carbocycles. The summed E-state index contributed by atoms with van der Waals surface area (Å²) in [5, 5.41) is 19.0. The molecular weight excluding hydrogens is 242 g/mol. The summed E-state index contributed by atoms with van der Waals surface area (Å²) in [6.45, 7) is 1.53. The molecule has 0 aromatic heterocycles. The van der Waals surface area contributed by atoms with E-state index < -0.39 is 12.1 Å². The Morgan fingerprint density at radius 1 is 1.37 bits per heavy atom. The molecule has 0 unspecified atom stereocenters. The molecule has 0 saturated carbocycles. The highest BCUT2D eigenvalue weighted by Gasteiger charge is 2.27. The van der Waals surface area contributed by atoms with Gasteiger partial charge in [0.15, 0.2) is 0 Å². The molecule has 1 saturated heterocycles. The summed E-state index contributed by atoms with van der Waals surface area (Å²) in [5.74, 6) is -0.755. The summed E-state index contributed by atoms with van der Waals surface area (Å²) in [4.78, 5) is 12.8. The molecular formula is C15H21NO3. The molecule has 0 bridgehead atoms. The Bertz CT molecular complexity index is 407. The Kier molecular flexibility index (Phi) is 4.93. The fraction of sp³-hybridized carbons (Fsp3) is 0.533. The highest BCUT2D eigenvalue weighted by Crippen LogP contribution is 2.27. The third kappa shape index (κ3) is 4.04. The van der Waals surface area contributed by atoms with Crippen molar-refractivity contribution in [3.8, 4) is 0 Å². The first-order valence-corrected chi connectivity index (χ1v) is 6.85. The van der Waals surface area contributed by atoms with E-state index in [4.69, 9.17) is 5.11 Å². The monoisotopic (exact) mass is 263 g/mol. The van der Waals surface area contributed by atoms with Gasteiger partial charge in [0.25, 0.3) is 0 Å². The Hall–Kier alpha value is -1.39. The summed E-state index contributed by atoms with van der Waals surface area (Å²) in [6, 6.07) is 9.95. The number of carboxylic acid groups (broad SMARTS) is 1. The molecule has 2 N–H and O–H groups in total. The van der Waals surface area contributed by atoms with Gasteiger partial charge in [-0.25, -0.2) is 0 Å². The van der Waals surface area contributed by atoms with E-state index in [1.165, 1.54) is 0 Å². The molecule has 1 fully saturated rings. The lowest BCUT2D eigenvalue weighted by Crippen LogP contribution is -2.32. The summed E-state index contributed by atoms with van der Waals surface area (Å²) in [6.07, 6.45) is 2.54. The smallest absolute Gasteiger partial charge is 0.304 e. The van der Waals surface area contributed by atoms with Crippen molar-refractivity contribution in [3.05, 3.63) is 35.9 Å². The maximum atomic E-state index is 10.6. The van der Waals surface area contributed by atoms with Crippen molar-refractivity contribution >= 4 is 5.97 Å². The van der Waals surface area contributed by atoms with Gasteiger partial charge < -0.3 is 10.2 Å². The van der Waals surface area contributed by atoms with Gasteiger partial charge in [0, 0.05) is 12.6 Å². The van der Waals surface area contributed by atoms with Crippen LogP contribution < -0.4 is 0 Å². The lowest BCUT2D eigenvalue weighted by Gasteiger charge is -2.26. The van der Waals surface area contributed by atoms with Gasteiger partial charge in [-0.2, -0.15) is 0 Å². The summed E-state index contributed by atoms with van der Waals surface area (Å²) >= 11 is 0. The average molecular weight is 263 g/mol. The molecule has 4 nitrogen and oxygen atoms in total. The van der Waals surface area contributed by atoms with Crippen LogP contribution in [0.2, 0.25) is 0 Å². The number of hydrogen-bond acceptors (Lipinski definition) is 3. The number of carboxylic acids is 1. The first-order valence-electron chi connectivity index (χ1n) is 6.85. The SMILES string of the molecule is O=C(O)CCN1CCC[C@@H]1C[C@H](O)c1ccccc1. The quantitative estimate of drug-likeness (QED) is 0.824. The predicted octanol–water partition coefficient (Wildman–Crippen LogP) is 2.05. The van der Waals surface area contributed by atoms with E-state index in [0.29, 0.717) is 19.0 Å². The zero-order valence-corrected chi connectivity index (χ0v) is 11.0. The van der Waals surface area contributed by atoms with Crippen LogP contribution in [0, 0.1) is 0 Å². The molecule has 104 valence electrons. The zero-order valence-electron chi connectivity index (χ0n) is 11.0. The first kappa shape index (κ1) is 14.0. The van der Waals surface area contributed by atoms with Gasteiger partial charge in [-0.1, -0.05) is 30.3 Å². The summed E-state index contributed by atoms with van der Waals surface area (Å²) < 4.78 is 0. The standard InChI is InChI=1S/C15H21NO3/c17-14(12-5-2-1-3-6-12)11-13-7-4-9-16(13)10-8-15(18)19/h1-3,5-6,13-14,17H,4,7-11H2,(H,18,19)/t13-,14+/m1/s1. The van der Waals surface area contributed by atoms with E-state index in [-0.39, 0.29) is 6.42 Å². The van der Waals surface area contributed by atoms with E-state index in [1.54, 1.807) is 0 Å². The number of likely N-dealkylation sites (tertiary alicyclic amines) is 1. The number of nitrogens with zero attached hydrogens (tertiary/aromatic N) is 1. The lowest BCUT2D eigenvalue weighted by molar-refractivity contribution is -0.137. The second kappa shape index (κ2) is 6.68. The molecule has 0 spiro atoms. The van der Waals surface area contributed by atoms with Gasteiger partial charge in [0.05, 0.1) is 12.5 Å². The van der Waals surface area contributed by atoms with Crippen LogP contribution in [-0.2, 0) is 4.79 Å². The summed E-state index contributed by atoms with van der Waals surface area (Å²) in [7, 11) is 0. The number of aliphatic carboxylic acids is 1. The second-order valence-electron chi connectivity index (χ2n) is 5.14. The number of rotatable bonds is 6. The van der Waals surface area contributed by atoms with Crippen molar-refractivity contribution in [2.24, 2.45) is 0 Å². The minimum absolute atomic E-state index is 0.179. The highest BCUT2D eigenvalue weighted by molar-refractivity contribution is 5.66. The van der Waals surface area contributed by atoms with E-state index >= 15 is 0 Å². The van der Waals surface area contributed by atoms with Gasteiger partial charge in [0.1, 0.15) is 0 Å². The largest absolute Gasteiger partial charge is 0.481 e. The van der Waals surface area contributed by atoms with Gasteiger partial charge >= 0.3 is 5.97 Å².